The number of hydrogen-bond acceptors (Lipinski definition) is 6. The van der Waals surface area contributed by atoms with Crippen LogP contribution in [0.15, 0.2) is 78.1 Å². The summed E-state index contributed by atoms with van der Waals surface area (Å²) in [6.07, 6.45) is 6.08. The molecule has 1 aliphatic heterocycles. The first-order valence-corrected chi connectivity index (χ1v) is 14.1. The SMILES string of the molecule is COc1nn(C2CCN(C)C2)cc1-c1cnc2c(c1)c(-c1cccc(F)c1)cn2S(=O)(=O)c1ccc(C)cc1. The Morgan fingerprint density at radius 2 is 1.82 bits per heavy atom. The topological polar surface area (TPSA) is 82.2 Å². The largest absolute Gasteiger partial charge is 0.479 e. The van der Waals surface area contributed by atoms with Crippen molar-refractivity contribution in [3.05, 3.63) is 84.6 Å². The zero-order valence-corrected chi connectivity index (χ0v) is 22.7. The van der Waals surface area contributed by atoms with Gasteiger partial charge in [0, 0.05) is 41.6 Å². The van der Waals surface area contributed by atoms with Crippen LogP contribution < -0.4 is 4.74 Å². The fourth-order valence-electron chi connectivity index (χ4n) is 5.16. The van der Waals surface area contributed by atoms with Gasteiger partial charge in [0.15, 0.2) is 5.65 Å². The number of likely N-dealkylation sites (N-methyl/N-ethyl adjacent to an activating group) is 1. The summed E-state index contributed by atoms with van der Waals surface area (Å²) in [5.41, 5.74) is 3.78. The fraction of sp³-hybridized carbons (Fsp3) is 0.241. The summed E-state index contributed by atoms with van der Waals surface area (Å²) in [6.45, 7) is 3.79. The van der Waals surface area contributed by atoms with E-state index in [0.29, 0.717) is 22.4 Å². The summed E-state index contributed by atoms with van der Waals surface area (Å²) in [7, 11) is -0.306. The predicted octanol–water partition coefficient (Wildman–Crippen LogP) is 5.14. The first-order chi connectivity index (χ1) is 18.7. The summed E-state index contributed by atoms with van der Waals surface area (Å²) < 4.78 is 50.4. The molecule has 6 rings (SSSR count). The molecular formula is C29H28FN5O3S. The molecule has 1 aliphatic rings. The van der Waals surface area contributed by atoms with Crippen LogP contribution >= 0.6 is 0 Å². The first-order valence-electron chi connectivity index (χ1n) is 12.7. The number of aryl methyl sites for hydroxylation is 1. The number of methoxy groups -OCH3 is 1. The molecule has 39 heavy (non-hydrogen) atoms. The van der Waals surface area contributed by atoms with Crippen LogP contribution in [0.2, 0.25) is 0 Å². The Kier molecular flexibility index (Phi) is 6.23. The predicted molar refractivity (Wildman–Crippen MR) is 148 cm³/mol. The van der Waals surface area contributed by atoms with Gasteiger partial charge in [-0.05, 0) is 62.8 Å². The minimum atomic E-state index is -3.97. The standard InChI is InChI=1S/C29H28FN5O3S/c1-19-7-9-24(10-8-19)39(36,37)35-18-26(20-5-4-6-22(30)13-20)25-14-21(15-31-28(25)35)27-17-34(32-29(27)38-3)23-11-12-33(2)16-23/h4-10,13-15,17-18,23H,11-12,16H2,1-3H3. The van der Waals surface area contributed by atoms with Crippen molar-refractivity contribution in [2.24, 2.45) is 0 Å². The highest BCUT2D eigenvalue weighted by Gasteiger charge is 2.26. The molecule has 0 saturated carbocycles. The van der Waals surface area contributed by atoms with Crippen molar-refractivity contribution in [2.75, 3.05) is 27.2 Å². The number of benzene rings is 2. The second-order valence-corrected chi connectivity index (χ2v) is 11.8. The zero-order chi connectivity index (χ0) is 27.3. The number of nitrogens with zero attached hydrogens (tertiary/aromatic N) is 5. The molecule has 0 radical (unpaired) electrons. The van der Waals surface area contributed by atoms with Crippen molar-refractivity contribution < 1.29 is 17.5 Å². The normalized spacial score (nSPS) is 16.3. The van der Waals surface area contributed by atoms with Gasteiger partial charge in [0.25, 0.3) is 10.0 Å². The Morgan fingerprint density at radius 1 is 1.03 bits per heavy atom. The van der Waals surface area contributed by atoms with Crippen LogP contribution in [0.5, 0.6) is 5.88 Å². The van der Waals surface area contributed by atoms with E-state index < -0.39 is 15.8 Å². The van der Waals surface area contributed by atoms with Gasteiger partial charge < -0.3 is 9.64 Å². The molecule has 1 unspecified atom stereocenters. The molecule has 10 heteroatoms. The van der Waals surface area contributed by atoms with E-state index in [2.05, 4.69) is 22.0 Å². The van der Waals surface area contributed by atoms with Crippen LogP contribution in [-0.4, -0.2) is 59.3 Å². The maximum Gasteiger partial charge on any atom is 0.269 e. The average Bonchev–Trinajstić information content (AvgIpc) is 3.65. The van der Waals surface area contributed by atoms with Crippen LogP contribution in [0.4, 0.5) is 4.39 Å². The summed E-state index contributed by atoms with van der Waals surface area (Å²) in [5, 5.41) is 5.25. The molecule has 8 nitrogen and oxygen atoms in total. The molecule has 3 aromatic heterocycles. The van der Waals surface area contributed by atoms with Gasteiger partial charge in [0.1, 0.15) is 5.82 Å². The third-order valence-corrected chi connectivity index (χ3v) is 8.93. The second kappa shape index (κ2) is 9.62. The molecule has 1 atom stereocenters. The second-order valence-electron chi connectivity index (χ2n) is 10.00. The van der Waals surface area contributed by atoms with Crippen LogP contribution in [0.3, 0.4) is 0 Å². The Bertz CT molecular complexity index is 1790. The molecule has 0 amide bonds. The maximum atomic E-state index is 14.2. The number of likely N-dealkylation sites (tertiary alicyclic amines) is 1. The Morgan fingerprint density at radius 3 is 2.51 bits per heavy atom. The number of pyridine rings is 1. The van der Waals surface area contributed by atoms with E-state index in [1.165, 1.54) is 22.3 Å². The molecule has 4 heterocycles. The van der Waals surface area contributed by atoms with Crippen molar-refractivity contribution in [1.29, 1.82) is 0 Å². The van der Waals surface area contributed by atoms with Crippen molar-refractivity contribution in [3.63, 3.8) is 0 Å². The third-order valence-electron chi connectivity index (χ3n) is 7.27. The van der Waals surface area contributed by atoms with Crippen molar-refractivity contribution >= 4 is 21.1 Å². The lowest BCUT2D eigenvalue weighted by atomic mass is 10.0. The Hall–Kier alpha value is -4.02. The van der Waals surface area contributed by atoms with Crippen LogP contribution in [0.25, 0.3) is 33.3 Å². The van der Waals surface area contributed by atoms with E-state index in [0.717, 1.165) is 36.2 Å². The van der Waals surface area contributed by atoms with Gasteiger partial charge in [-0.25, -0.2) is 21.8 Å². The minimum Gasteiger partial charge on any atom is -0.479 e. The third kappa shape index (κ3) is 4.49. The lowest BCUT2D eigenvalue weighted by Gasteiger charge is -2.10. The fourth-order valence-corrected chi connectivity index (χ4v) is 6.48. The molecule has 2 aromatic carbocycles. The molecule has 1 fully saturated rings. The van der Waals surface area contributed by atoms with Crippen molar-refractivity contribution in [2.45, 2.75) is 24.3 Å². The number of hydrogen-bond donors (Lipinski definition) is 0. The molecule has 5 aromatic rings. The van der Waals surface area contributed by atoms with E-state index in [9.17, 15) is 12.8 Å². The Labute approximate surface area is 226 Å². The number of aromatic nitrogens is 4. The van der Waals surface area contributed by atoms with Gasteiger partial charge >= 0.3 is 0 Å². The Balaban J connectivity index is 1.54. The van der Waals surface area contributed by atoms with E-state index in [1.807, 2.05) is 23.9 Å². The zero-order valence-electron chi connectivity index (χ0n) is 21.9. The molecular weight excluding hydrogens is 517 g/mol. The quantitative estimate of drug-likeness (QED) is 0.294. The van der Waals surface area contributed by atoms with Gasteiger partial charge in [-0.15, -0.1) is 5.10 Å². The summed E-state index contributed by atoms with van der Waals surface area (Å²) >= 11 is 0. The molecule has 0 aliphatic carbocycles. The van der Waals surface area contributed by atoms with E-state index in [1.54, 1.807) is 49.7 Å². The van der Waals surface area contributed by atoms with E-state index in [4.69, 9.17) is 4.74 Å². The summed E-state index contributed by atoms with van der Waals surface area (Å²) in [4.78, 5) is 7.02. The average molecular weight is 546 g/mol. The van der Waals surface area contributed by atoms with Crippen LogP contribution in [0.1, 0.15) is 18.0 Å². The van der Waals surface area contributed by atoms with Crippen molar-refractivity contribution in [3.8, 4) is 28.1 Å². The molecule has 0 spiro atoms. The van der Waals surface area contributed by atoms with Crippen molar-refractivity contribution in [1.82, 2.24) is 23.6 Å². The number of ether oxygens (including phenoxy) is 1. The van der Waals surface area contributed by atoms with Gasteiger partial charge in [0.2, 0.25) is 5.88 Å². The number of rotatable bonds is 6. The summed E-state index contributed by atoms with van der Waals surface area (Å²) in [5.74, 6) is 0.0492. The lowest BCUT2D eigenvalue weighted by Crippen LogP contribution is -2.16. The maximum absolute atomic E-state index is 14.2. The van der Waals surface area contributed by atoms with Gasteiger partial charge in [-0.1, -0.05) is 29.8 Å². The molecule has 1 saturated heterocycles. The smallest absolute Gasteiger partial charge is 0.269 e. The monoisotopic (exact) mass is 545 g/mol. The molecule has 0 N–H and O–H groups in total. The number of fused-ring (bicyclic) bond motifs is 1. The number of halogens is 1. The van der Waals surface area contributed by atoms with Gasteiger partial charge in [-0.3, -0.25) is 4.68 Å². The minimum absolute atomic E-state index is 0.145. The van der Waals surface area contributed by atoms with Crippen LogP contribution in [-0.2, 0) is 10.0 Å². The van der Waals surface area contributed by atoms with E-state index >= 15 is 0 Å². The highest BCUT2D eigenvalue weighted by molar-refractivity contribution is 7.90. The molecule has 0 bridgehead atoms. The van der Waals surface area contributed by atoms with Crippen LogP contribution in [0, 0.1) is 12.7 Å². The van der Waals surface area contributed by atoms with Gasteiger partial charge in [-0.2, -0.15) is 0 Å². The lowest BCUT2D eigenvalue weighted by molar-refractivity contribution is 0.361. The highest BCUT2D eigenvalue weighted by Crippen LogP contribution is 2.37. The first kappa shape index (κ1) is 25.3. The highest BCUT2D eigenvalue weighted by atomic mass is 32.2. The van der Waals surface area contributed by atoms with E-state index in [-0.39, 0.29) is 16.6 Å². The van der Waals surface area contributed by atoms with Gasteiger partial charge in [0.05, 0.1) is 23.6 Å². The summed E-state index contributed by atoms with van der Waals surface area (Å²) in [6, 6.07) is 14.9. The molecule has 200 valence electrons.